The molecule has 106 valence electrons. The summed E-state index contributed by atoms with van der Waals surface area (Å²) in [6.07, 6.45) is 5.92. The van der Waals surface area contributed by atoms with Crippen LogP contribution in [0, 0.1) is 24.7 Å². The molecule has 3 nitrogen and oxygen atoms in total. The average Bonchev–Trinajstić information content (AvgIpc) is 3.04. The van der Waals surface area contributed by atoms with E-state index in [1.807, 2.05) is 6.92 Å². The Balaban J connectivity index is 1.54. The molecule has 3 atom stereocenters. The van der Waals surface area contributed by atoms with Gasteiger partial charge in [0.1, 0.15) is 11.5 Å². The third-order valence-electron chi connectivity index (χ3n) is 5.15. The SMILES string of the molecule is Cc1oc(CN(C)CC2CC3CCC2C3)cc1CN. The molecule has 3 unspecified atom stereocenters. The molecule has 2 N–H and O–H groups in total. The Bertz CT molecular complexity index is 440. The van der Waals surface area contributed by atoms with Gasteiger partial charge in [-0.25, -0.2) is 0 Å². The number of rotatable bonds is 5. The number of fused-ring (bicyclic) bond motifs is 2. The van der Waals surface area contributed by atoms with E-state index in [-0.39, 0.29) is 0 Å². The standard InChI is InChI=1S/C16H26N2O/c1-11-14(8-17)7-16(19-11)10-18(2)9-15-6-12-3-4-13(15)5-12/h7,12-13,15H,3-6,8-10,17H2,1-2H3. The van der Waals surface area contributed by atoms with E-state index in [2.05, 4.69) is 18.0 Å². The second-order valence-corrected chi connectivity index (χ2v) is 6.63. The van der Waals surface area contributed by atoms with E-state index in [9.17, 15) is 0 Å². The van der Waals surface area contributed by atoms with Crippen molar-refractivity contribution in [3.63, 3.8) is 0 Å². The van der Waals surface area contributed by atoms with Crippen LogP contribution < -0.4 is 5.73 Å². The van der Waals surface area contributed by atoms with E-state index in [1.165, 1.54) is 32.2 Å². The number of hydrogen-bond acceptors (Lipinski definition) is 3. The first-order valence-electron chi connectivity index (χ1n) is 7.62. The molecule has 1 aromatic heterocycles. The van der Waals surface area contributed by atoms with Crippen molar-refractivity contribution in [1.29, 1.82) is 0 Å². The molecule has 2 aliphatic carbocycles. The molecule has 2 saturated carbocycles. The molecule has 0 radical (unpaired) electrons. The number of furan rings is 1. The largest absolute Gasteiger partial charge is 0.465 e. The third kappa shape index (κ3) is 2.72. The van der Waals surface area contributed by atoms with Gasteiger partial charge >= 0.3 is 0 Å². The lowest BCUT2D eigenvalue weighted by Gasteiger charge is -2.26. The highest BCUT2D eigenvalue weighted by Crippen LogP contribution is 2.48. The molecule has 2 bridgehead atoms. The minimum atomic E-state index is 0.575. The molecular formula is C16H26N2O. The fourth-order valence-electron chi connectivity index (χ4n) is 4.20. The summed E-state index contributed by atoms with van der Waals surface area (Å²) in [5.41, 5.74) is 6.84. The van der Waals surface area contributed by atoms with E-state index >= 15 is 0 Å². The lowest BCUT2D eigenvalue weighted by molar-refractivity contribution is 0.203. The Morgan fingerprint density at radius 1 is 1.37 bits per heavy atom. The average molecular weight is 262 g/mol. The molecule has 19 heavy (non-hydrogen) atoms. The van der Waals surface area contributed by atoms with Gasteiger partial charge < -0.3 is 10.2 Å². The zero-order valence-corrected chi connectivity index (χ0v) is 12.2. The van der Waals surface area contributed by atoms with Crippen molar-refractivity contribution in [3.8, 4) is 0 Å². The first kappa shape index (κ1) is 13.2. The lowest BCUT2D eigenvalue weighted by atomic mass is 9.88. The maximum atomic E-state index is 5.78. The molecule has 2 fully saturated rings. The van der Waals surface area contributed by atoms with E-state index in [0.717, 1.165) is 41.4 Å². The van der Waals surface area contributed by atoms with Crippen LogP contribution in [-0.2, 0) is 13.1 Å². The van der Waals surface area contributed by atoms with Gasteiger partial charge in [-0.05, 0) is 57.1 Å². The van der Waals surface area contributed by atoms with Crippen LogP contribution in [0.1, 0.15) is 42.8 Å². The monoisotopic (exact) mass is 262 g/mol. The highest BCUT2D eigenvalue weighted by molar-refractivity contribution is 5.20. The van der Waals surface area contributed by atoms with E-state index < -0.39 is 0 Å². The van der Waals surface area contributed by atoms with Gasteiger partial charge in [0, 0.05) is 18.7 Å². The maximum absolute atomic E-state index is 5.78. The van der Waals surface area contributed by atoms with Crippen molar-refractivity contribution in [2.75, 3.05) is 13.6 Å². The van der Waals surface area contributed by atoms with Crippen LogP contribution in [0.15, 0.2) is 10.5 Å². The summed E-state index contributed by atoms with van der Waals surface area (Å²) in [6, 6.07) is 2.12. The molecule has 0 saturated heterocycles. The minimum Gasteiger partial charge on any atom is -0.465 e. The van der Waals surface area contributed by atoms with E-state index in [1.54, 1.807) is 0 Å². The van der Waals surface area contributed by atoms with E-state index in [4.69, 9.17) is 10.2 Å². The molecular weight excluding hydrogens is 236 g/mol. The fourth-order valence-corrected chi connectivity index (χ4v) is 4.20. The lowest BCUT2D eigenvalue weighted by Crippen LogP contribution is -2.28. The Morgan fingerprint density at radius 3 is 2.79 bits per heavy atom. The Hall–Kier alpha value is -0.800. The van der Waals surface area contributed by atoms with Gasteiger partial charge in [-0.3, -0.25) is 4.90 Å². The topological polar surface area (TPSA) is 42.4 Å². The molecule has 1 aromatic rings. The molecule has 0 spiro atoms. The van der Waals surface area contributed by atoms with Gasteiger partial charge in [-0.2, -0.15) is 0 Å². The zero-order chi connectivity index (χ0) is 13.4. The summed E-state index contributed by atoms with van der Waals surface area (Å²) in [7, 11) is 2.21. The minimum absolute atomic E-state index is 0.575. The highest BCUT2D eigenvalue weighted by Gasteiger charge is 2.39. The molecule has 3 rings (SSSR count). The van der Waals surface area contributed by atoms with Crippen LogP contribution >= 0.6 is 0 Å². The first-order chi connectivity index (χ1) is 9.15. The third-order valence-corrected chi connectivity index (χ3v) is 5.15. The van der Waals surface area contributed by atoms with Crippen molar-refractivity contribution in [3.05, 3.63) is 23.2 Å². The zero-order valence-electron chi connectivity index (χ0n) is 12.2. The molecule has 1 heterocycles. The van der Waals surface area contributed by atoms with Gasteiger partial charge in [0.25, 0.3) is 0 Å². The van der Waals surface area contributed by atoms with Crippen LogP contribution in [0.2, 0.25) is 0 Å². The van der Waals surface area contributed by atoms with Crippen molar-refractivity contribution in [2.45, 2.75) is 45.7 Å². The summed E-state index contributed by atoms with van der Waals surface area (Å²) in [5, 5.41) is 0. The van der Waals surface area contributed by atoms with Gasteiger partial charge in [0.2, 0.25) is 0 Å². The van der Waals surface area contributed by atoms with Crippen molar-refractivity contribution >= 4 is 0 Å². The molecule has 2 aliphatic rings. The summed E-state index contributed by atoms with van der Waals surface area (Å²) in [4.78, 5) is 2.42. The summed E-state index contributed by atoms with van der Waals surface area (Å²) < 4.78 is 5.78. The summed E-state index contributed by atoms with van der Waals surface area (Å²) in [5.74, 6) is 5.01. The van der Waals surface area contributed by atoms with Crippen LogP contribution in [0.25, 0.3) is 0 Å². The Labute approximate surface area is 116 Å². The van der Waals surface area contributed by atoms with Crippen molar-refractivity contribution in [2.24, 2.45) is 23.5 Å². The Morgan fingerprint density at radius 2 is 2.21 bits per heavy atom. The second kappa shape index (κ2) is 5.29. The van der Waals surface area contributed by atoms with Gasteiger partial charge in [0.15, 0.2) is 0 Å². The van der Waals surface area contributed by atoms with E-state index in [0.29, 0.717) is 6.54 Å². The quantitative estimate of drug-likeness (QED) is 0.887. The van der Waals surface area contributed by atoms with Gasteiger partial charge in [-0.15, -0.1) is 0 Å². The van der Waals surface area contributed by atoms with Crippen LogP contribution in [0.5, 0.6) is 0 Å². The molecule has 0 aliphatic heterocycles. The number of nitrogens with zero attached hydrogens (tertiary/aromatic N) is 1. The van der Waals surface area contributed by atoms with Crippen molar-refractivity contribution < 1.29 is 4.42 Å². The summed E-state index contributed by atoms with van der Waals surface area (Å²) >= 11 is 0. The smallest absolute Gasteiger partial charge is 0.118 e. The van der Waals surface area contributed by atoms with Gasteiger partial charge in [0.05, 0.1) is 6.54 Å². The number of aryl methyl sites for hydroxylation is 1. The predicted octanol–water partition coefficient (Wildman–Crippen LogP) is 2.91. The summed E-state index contributed by atoms with van der Waals surface area (Å²) in [6.45, 7) is 4.71. The number of nitrogens with two attached hydrogens (primary N) is 1. The van der Waals surface area contributed by atoms with Crippen LogP contribution in [0.3, 0.4) is 0 Å². The van der Waals surface area contributed by atoms with Crippen LogP contribution in [0.4, 0.5) is 0 Å². The fraction of sp³-hybridized carbons (Fsp3) is 0.750. The first-order valence-corrected chi connectivity index (χ1v) is 7.62. The Kier molecular flexibility index (Phi) is 3.68. The number of hydrogen-bond donors (Lipinski definition) is 1. The molecule has 0 amide bonds. The molecule has 3 heteroatoms. The highest BCUT2D eigenvalue weighted by atomic mass is 16.3. The predicted molar refractivity (Wildman–Crippen MR) is 76.6 cm³/mol. The maximum Gasteiger partial charge on any atom is 0.118 e. The van der Waals surface area contributed by atoms with Crippen molar-refractivity contribution in [1.82, 2.24) is 4.90 Å². The molecule has 0 aromatic carbocycles. The van der Waals surface area contributed by atoms with Crippen LogP contribution in [-0.4, -0.2) is 18.5 Å². The van der Waals surface area contributed by atoms with Gasteiger partial charge in [-0.1, -0.05) is 6.42 Å². The second-order valence-electron chi connectivity index (χ2n) is 6.63. The normalized spacial score (nSPS) is 29.6.